The number of nitrogens with one attached hydrogen (secondary N) is 1. The zero-order valence-electron chi connectivity index (χ0n) is 9.91. The summed E-state index contributed by atoms with van der Waals surface area (Å²) in [4.78, 5) is 4.39. The molecule has 0 bridgehead atoms. The van der Waals surface area contributed by atoms with E-state index in [9.17, 15) is 0 Å². The van der Waals surface area contributed by atoms with Gasteiger partial charge in [-0.3, -0.25) is 0 Å². The van der Waals surface area contributed by atoms with Crippen LogP contribution in [-0.2, 0) is 10.3 Å². The van der Waals surface area contributed by atoms with Crippen molar-refractivity contribution < 1.29 is 4.74 Å². The zero-order chi connectivity index (χ0) is 11.3. The number of rotatable bonds is 6. The third kappa shape index (κ3) is 3.55. The predicted molar refractivity (Wildman–Crippen MR) is 64.2 cm³/mol. The van der Waals surface area contributed by atoms with Gasteiger partial charge in [-0.15, -0.1) is 11.3 Å². The Morgan fingerprint density at radius 2 is 2.33 bits per heavy atom. The monoisotopic (exact) mass is 228 g/mol. The summed E-state index contributed by atoms with van der Waals surface area (Å²) >= 11 is 1.69. The highest BCUT2D eigenvalue weighted by molar-refractivity contribution is 7.09. The van der Waals surface area contributed by atoms with Gasteiger partial charge >= 0.3 is 0 Å². The van der Waals surface area contributed by atoms with Crippen LogP contribution in [0.25, 0.3) is 0 Å². The fourth-order valence-corrected chi connectivity index (χ4v) is 2.47. The first kappa shape index (κ1) is 12.6. The Kier molecular flexibility index (Phi) is 4.70. The van der Waals surface area contributed by atoms with Crippen molar-refractivity contribution >= 4 is 11.3 Å². The summed E-state index contributed by atoms with van der Waals surface area (Å²) in [5, 5.41) is 6.71. The summed E-state index contributed by atoms with van der Waals surface area (Å²) < 4.78 is 5.15. The second-order valence-electron chi connectivity index (χ2n) is 4.21. The Labute approximate surface area is 95.9 Å². The van der Waals surface area contributed by atoms with Crippen LogP contribution in [-0.4, -0.2) is 24.7 Å². The molecule has 1 unspecified atom stereocenters. The lowest BCUT2D eigenvalue weighted by atomic mass is 9.98. The normalized spacial score (nSPS) is 15.5. The van der Waals surface area contributed by atoms with Gasteiger partial charge in [-0.1, -0.05) is 0 Å². The van der Waals surface area contributed by atoms with Gasteiger partial charge in [0, 0.05) is 31.3 Å². The molecule has 1 aromatic heterocycles. The summed E-state index contributed by atoms with van der Waals surface area (Å²) in [6, 6.07) is 0.441. The van der Waals surface area contributed by atoms with E-state index in [0.717, 1.165) is 18.0 Å². The predicted octanol–water partition coefficient (Wildman–Crippen LogP) is 2.39. The molecular formula is C11H20N2OS. The van der Waals surface area contributed by atoms with Gasteiger partial charge in [-0.2, -0.15) is 0 Å². The molecule has 0 aliphatic carbocycles. The quantitative estimate of drug-likeness (QED) is 0.812. The molecule has 0 aliphatic heterocycles. The first-order valence-electron chi connectivity index (χ1n) is 5.25. The molecule has 1 N–H and O–H groups in total. The van der Waals surface area contributed by atoms with Crippen molar-refractivity contribution in [3.8, 4) is 0 Å². The molecule has 0 spiro atoms. The van der Waals surface area contributed by atoms with Crippen molar-refractivity contribution in [2.24, 2.45) is 0 Å². The summed E-state index contributed by atoms with van der Waals surface area (Å²) in [7, 11) is 1.73. The maximum absolute atomic E-state index is 5.15. The van der Waals surface area contributed by atoms with Crippen molar-refractivity contribution in [3.63, 3.8) is 0 Å². The molecule has 3 nitrogen and oxygen atoms in total. The number of ether oxygens (including phenoxy) is 1. The highest BCUT2D eigenvalue weighted by Gasteiger charge is 2.29. The Morgan fingerprint density at radius 1 is 1.60 bits per heavy atom. The molecule has 0 saturated carbocycles. The van der Waals surface area contributed by atoms with E-state index in [1.807, 2.05) is 11.6 Å². The van der Waals surface area contributed by atoms with Gasteiger partial charge < -0.3 is 10.1 Å². The van der Waals surface area contributed by atoms with E-state index in [1.165, 1.54) is 0 Å². The molecular weight excluding hydrogens is 208 g/mol. The number of nitrogens with zero attached hydrogens (tertiary/aromatic N) is 1. The Bertz CT molecular complexity index is 274. The van der Waals surface area contributed by atoms with Crippen LogP contribution < -0.4 is 5.32 Å². The molecule has 1 rings (SSSR count). The zero-order valence-corrected chi connectivity index (χ0v) is 10.7. The standard InChI is InChI=1S/C11H20N2OS/c1-9(2)13-11(3,5-7-14-4)10-12-6-8-15-10/h6,8-9,13H,5,7H2,1-4H3. The molecule has 0 amide bonds. The number of aromatic nitrogens is 1. The Balaban J connectivity index is 2.76. The van der Waals surface area contributed by atoms with E-state index < -0.39 is 0 Å². The van der Waals surface area contributed by atoms with Crippen LogP contribution in [0.2, 0.25) is 0 Å². The lowest BCUT2D eigenvalue weighted by molar-refractivity contribution is 0.155. The Hall–Kier alpha value is -0.450. The van der Waals surface area contributed by atoms with Gasteiger partial charge in [0.05, 0.1) is 5.54 Å². The van der Waals surface area contributed by atoms with Crippen LogP contribution in [0.5, 0.6) is 0 Å². The van der Waals surface area contributed by atoms with E-state index >= 15 is 0 Å². The smallest absolute Gasteiger partial charge is 0.112 e. The minimum atomic E-state index is -0.0711. The fraction of sp³-hybridized carbons (Fsp3) is 0.727. The van der Waals surface area contributed by atoms with Crippen molar-refractivity contribution in [1.29, 1.82) is 0 Å². The second-order valence-corrected chi connectivity index (χ2v) is 5.11. The molecule has 4 heteroatoms. The van der Waals surface area contributed by atoms with E-state index in [4.69, 9.17) is 4.74 Å². The maximum Gasteiger partial charge on any atom is 0.112 e. The lowest BCUT2D eigenvalue weighted by Crippen LogP contribution is -2.44. The van der Waals surface area contributed by atoms with Crippen molar-refractivity contribution in [2.45, 2.75) is 38.8 Å². The minimum absolute atomic E-state index is 0.0711. The molecule has 86 valence electrons. The first-order chi connectivity index (χ1) is 7.08. The summed E-state index contributed by atoms with van der Waals surface area (Å²) in [6.07, 6.45) is 2.79. The second kappa shape index (κ2) is 5.58. The summed E-state index contributed by atoms with van der Waals surface area (Å²) in [6.45, 7) is 7.23. The number of hydrogen-bond donors (Lipinski definition) is 1. The minimum Gasteiger partial charge on any atom is -0.385 e. The van der Waals surface area contributed by atoms with Gasteiger partial charge in [0.25, 0.3) is 0 Å². The average Bonchev–Trinajstić information content (AvgIpc) is 2.66. The van der Waals surface area contributed by atoms with E-state index in [-0.39, 0.29) is 5.54 Å². The highest BCUT2D eigenvalue weighted by Crippen LogP contribution is 2.27. The van der Waals surface area contributed by atoms with Gasteiger partial charge in [-0.25, -0.2) is 4.98 Å². The first-order valence-corrected chi connectivity index (χ1v) is 6.13. The van der Waals surface area contributed by atoms with Crippen molar-refractivity contribution in [1.82, 2.24) is 10.3 Å². The SMILES string of the molecule is COCCC(C)(NC(C)C)c1nccs1. The number of thiazole rings is 1. The van der Waals surface area contributed by atoms with Crippen molar-refractivity contribution in [3.05, 3.63) is 16.6 Å². The summed E-state index contributed by atoms with van der Waals surface area (Å²) in [5.74, 6) is 0. The average molecular weight is 228 g/mol. The van der Waals surface area contributed by atoms with Crippen LogP contribution in [0.1, 0.15) is 32.2 Å². The summed E-state index contributed by atoms with van der Waals surface area (Å²) in [5.41, 5.74) is -0.0711. The van der Waals surface area contributed by atoms with Crippen molar-refractivity contribution in [2.75, 3.05) is 13.7 Å². The highest BCUT2D eigenvalue weighted by atomic mass is 32.1. The number of hydrogen-bond acceptors (Lipinski definition) is 4. The number of methoxy groups -OCH3 is 1. The van der Waals surface area contributed by atoms with Gasteiger partial charge in [0.1, 0.15) is 5.01 Å². The fourth-order valence-electron chi connectivity index (χ4n) is 1.68. The molecule has 1 atom stereocenters. The lowest BCUT2D eigenvalue weighted by Gasteiger charge is -2.31. The molecule has 0 fully saturated rings. The Morgan fingerprint density at radius 3 is 2.80 bits per heavy atom. The molecule has 1 aromatic rings. The van der Waals surface area contributed by atoms with E-state index in [0.29, 0.717) is 6.04 Å². The molecule has 0 aromatic carbocycles. The van der Waals surface area contributed by atoms with Crippen LogP contribution in [0.3, 0.4) is 0 Å². The van der Waals surface area contributed by atoms with Gasteiger partial charge in [0.2, 0.25) is 0 Å². The largest absolute Gasteiger partial charge is 0.385 e. The van der Waals surface area contributed by atoms with Crippen LogP contribution in [0.4, 0.5) is 0 Å². The topological polar surface area (TPSA) is 34.1 Å². The van der Waals surface area contributed by atoms with Crippen LogP contribution >= 0.6 is 11.3 Å². The molecule has 0 saturated heterocycles. The molecule has 15 heavy (non-hydrogen) atoms. The van der Waals surface area contributed by atoms with Crippen LogP contribution in [0, 0.1) is 0 Å². The third-order valence-electron chi connectivity index (χ3n) is 2.32. The molecule has 1 heterocycles. The van der Waals surface area contributed by atoms with Gasteiger partial charge in [-0.05, 0) is 27.2 Å². The van der Waals surface area contributed by atoms with E-state index in [2.05, 4.69) is 31.1 Å². The third-order valence-corrected chi connectivity index (χ3v) is 3.35. The molecule has 0 radical (unpaired) electrons. The van der Waals surface area contributed by atoms with E-state index in [1.54, 1.807) is 18.4 Å². The van der Waals surface area contributed by atoms with Gasteiger partial charge in [0.15, 0.2) is 0 Å². The molecule has 0 aliphatic rings. The van der Waals surface area contributed by atoms with Crippen LogP contribution in [0.15, 0.2) is 11.6 Å². The maximum atomic E-state index is 5.15.